The first kappa shape index (κ1) is 15.8. The second-order valence-corrected chi connectivity index (χ2v) is 5.04. The molecule has 0 saturated carbocycles. The Morgan fingerprint density at radius 2 is 2.18 bits per heavy atom. The number of rotatable bonds is 6. The lowest BCUT2D eigenvalue weighted by Gasteiger charge is -2.08. The predicted molar refractivity (Wildman–Crippen MR) is 80.5 cm³/mol. The molecule has 0 radical (unpaired) electrons. The minimum absolute atomic E-state index is 0.326. The molecule has 1 amide bonds. The molecule has 7 nitrogen and oxygen atoms in total. The molecule has 0 bridgehead atoms. The summed E-state index contributed by atoms with van der Waals surface area (Å²) in [5, 5.41) is 14.2. The van der Waals surface area contributed by atoms with Gasteiger partial charge in [-0.15, -0.1) is 0 Å². The van der Waals surface area contributed by atoms with Gasteiger partial charge in [0.2, 0.25) is 0 Å². The number of halogens is 1. The molecular weight excluding hydrogens is 354 g/mol. The Balaban J connectivity index is 2.00. The number of carbonyl (C=O) groups excluding carboxylic acids is 2. The molecule has 0 spiro atoms. The fourth-order valence-electron chi connectivity index (χ4n) is 1.57. The summed E-state index contributed by atoms with van der Waals surface area (Å²) in [6, 6.07) is 8.30. The summed E-state index contributed by atoms with van der Waals surface area (Å²) in [5.41, 5.74) is 3.22. The van der Waals surface area contributed by atoms with E-state index in [4.69, 9.17) is 4.74 Å². The smallest absolute Gasteiger partial charge is 0.287 e. The molecule has 1 aromatic carbocycles. The molecule has 1 heterocycles. The van der Waals surface area contributed by atoms with Gasteiger partial charge in [0.05, 0.1) is 12.2 Å². The van der Waals surface area contributed by atoms with E-state index in [2.05, 4.69) is 31.4 Å². The Bertz CT molecular complexity index is 712. The van der Waals surface area contributed by atoms with Crippen molar-refractivity contribution >= 4 is 34.0 Å². The van der Waals surface area contributed by atoms with Crippen LogP contribution in [0.2, 0.25) is 0 Å². The molecule has 0 aliphatic rings. The van der Waals surface area contributed by atoms with Crippen LogP contribution < -0.4 is 15.3 Å². The van der Waals surface area contributed by atoms with Crippen molar-refractivity contribution in [2.75, 3.05) is 6.61 Å². The topological polar surface area (TPSA) is 107 Å². The summed E-state index contributed by atoms with van der Waals surface area (Å²) in [6.07, 6.45) is 2.99. The van der Waals surface area contributed by atoms with Crippen LogP contribution in [-0.4, -0.2) is 29.7 Å². The van der Waals surface area contributed by atoms with E-state index in [-0.39, 0.29) is 0 Å². The van der Waals surface area contributed by atoms with Crippen LogP contribution in [0.15, 0.2) is 46.1 Å². The molecule has 0 fully saturated rings. The fourth-order valence-corrected chi connectivity index (χ4v) is 1.92. The van der Waals surface area contributed by atoms with E-state index >= 15 is 0 Å². The molecular formula is C14H11BrN3O4-. The number of carboxylic acids is 1. The first-order chi connectivity index (χ1) is 10.6. The Kier molecular flexibility index (Phi) is 5.31. The number of aliphatic carboxylic acids is 1. The average Bonchev–Trinajstić information content (AvgIpc) is 2.92. The highest BCUT2D eigenvalue weighted by atomic mass is 79.9. The van der Waals surface area contributed by atoms with Crippen LogP contribution in [0.5, 0.6) is 5.75 Å². The molecule has 8 heteroatoms. The number of aromatic nitrogens is 1. The van der Waals surface area contributed by atoms with Crippen LogP contribution >= 0.6 is 15.9 Å². The number of aromatic amines is 1. The molecule has 2 rings (SSSR count). The van der Waals surface area contributed by atoms with E-state index in [9.17, 15) is 14.7 Å². The number of hydrogen-bond acceptors (Lipinski definition) is 5. The molecule has 114 valence electrons. The first-order valence-corrected chi connectivity index (χ1v) is 6.94. The number of amides is 1. The van der Waals surface area contributed by atoms with Crippen molar-refractivity contribution in [2.24, 2.45) is 5.10 Å². The lowest BCUT2D eigenvalue weighted by molar-refractivity contribution is -0.307. The minimum Gasteiger partial charge on any atom is -0.546 e. The first-order valence-electron chi connectivity index (χ1n) is 6.15. The Labute approximate surface area is 134 Å². The van der Waals surface area contributed by atoms with Gasteiger partial charge in [-0.1, -0.05) is 12.1 Å². The maximum Gasteiger partial charge on any atom is 0.287 e. The van der Waals surface area contributed by atoms with Crippen molar-refractivity contribution in [3.8, 4) is 5.75 Å². The van der Waals surface area contributed by atoms with Gasteiger partial charge in [0.1, 0.15) is 18.1 Å². The maximum atomic E-state index is 11.8. The zero-order valence-electron chi connectivity index (χ0n) is 11.2. The number of hydrogen-bond donors (Lipinski definition) is 2. The Hall–Kier alpha value is -2.61. The number of H-pyrrole nitrogens is 1. The lowest BCUT2D eigenvalue weighted by atomic mass is 10.2. The molecule has 2 N–H and O–H groups in total. The van der Waals surface area contributed by atoms with Gasteiger partial charge in [-0.25, -0.2) is 5.43 Å². The van der Waals surface area contributed by atoms with E-state index in [0.29, 0.717) is 17.0 Å². The van der Waals surface area contributed by atoms with Gasteiger partial charge < -0.3 is 19.6 Å². The summed E-state index contributed by atoms with van der Waals surface area (Å²) < 4.78 is 5.82. The largest absolute Gasteiger partial charge is 0.546 e. The third-order valence-corrected chi connectivity index (χ3v) is 2.98. The predicted octanol–water partition coefficient (Wildman–Crippen LogP) is 0.670. The van der Waals surface area contributed by atoms with Crippen LogP contribution in [0.25, 0.3) is 0 Å². The molecule has 0 unspecified atom stereocenters. The molecule has 0 aliphatic heterocycles. The van der Waals surface area contributed by atoms with Crippen molar-refractivity contribution < 1.29 is 19.4 Å². The zero-order valence-corrected chi connectivity index (χ0v) is 12.8. The van der Waals surface area contributed by atoms with Gasteiger partial charge in [-0.3, -0.25) is 4.79 Å². The van der Waals surface area contributed by atoms with Crippen LogP contribution in [0.1, 0.15) is 16.1 Å². The van der Waals surface area contributed by atoms with Gasteiger partial charge in [-0.05, 0) is 34.1 Å². The van der Waals surface area contributed by atoms with Gasteiger partial charge in [0.15, 0.2) is 0 Å². The van der Waals surface area contributed by atoms with Gasteiger partial charge in [0, 0.05) is 16.2 Å². The average molecular weight is 365 g/mol. The molecule has 0 aliphatic carbocycles. The quantitative estimate of drug-likeness (QED) is 0.580. The third-order valence-electron chi connectivity index (χ3n) is 2.53. The number of para-hydroxylation sites is 1. The highest BCUT2D eigenvalue weighted by Gasteiger charge is 2.06. The van der Waals surface area contributed by atoms with E-state index in [1.54, 1.807) is 36.5 Å². The highest BCUT2D eigenvalue weighted by molar-refractivity contribution is 9.10. The second kappa shape index (κ2) is 7.41. The number of carboxylic acid groups (broad SMARTS) is 1. The van der Waals surface area contributed by atoms with Crippen molar-refractivity contribution in [3.63, 3.8) is 0 Å². The summed E-state index contributed by atoms with van der Waals surface area (Å²) in [4.78, 5) is 24.9. The summed E-state index contributed by atoms with van der Waals surface area (Å²) in [7, 11) is 0. The molecule has 1 aromatic heterocycles. The minimum atomic E-state index is -1.32. The Morgan fingerprint density at radius 3 is 2.86 bits per heavy atom. The summed E-state index contributed by atoms with van der Waals surface area (Å²) in [5.74, 6) is -1.40. The number of ether oxygens (including phenoxy) is 1. The molecule has 2 aromatic rings. The standard InChI is InChI=1S/C14H12BrN3O4/c15-10-5-11(16-7-10)14(21)18-17-6-9-3-1-2-4-12(9)22-8-13(19)20/h1-7,16H,8H2,(H,18,21)(H,19,20)/p-1/b17-6-. The Morgan fingerprint density at radius 1 is 1.41 bits per heavy atom. The number of nitrogens with zero attached hydrogens (tertiary/aromatic N) is 1. The maximum absolute atomic E-state index is 11.8. The van der Waals surface area contributed by atoms with Crippen molar-refractivity contribution in [2.45, 2.75) is 0 Å². The van der Waals surface area contributed by atoms with Crippen molar-refractivity contribution in [3.05, 3.63) is 52.3 Å². The number of carbonyl (C=O) groups is 2. The monoisotopic (exact) mass is 364 g/mol. The SMILES string of the molecule is O=C([O-])COc1ccccc1/C=N\NC(=O)c1cc(Br)c[nH]1. The fraction of sp³-hybridized carbons (Fsp3) is 0.0714. The van der Waals surface area contributed by atoms with E-state index < -0.39 is 18.5 Å². The van der Waals surface area contributed by atoms with Crippen LogP contribution in [0.4, 0.5) is 0 Å². The molecule has 22 heavy (non-hydrogen) atoms. The number of benzene rings is 1. The van der Waals surface area contributed by atoms with Gasteiger partial charge in [0.25, 0.3) is 5.91 Å². The van der Waals surface area contributed by atoms with Crippen LogP contribution in [0.3, 0.4) is 0 Å². The lowest BCUT2D eigenvalue weighted by Crippen LogP contribution is -2.29. The van der Waals surface area contributed by atoms with Crippen molar-refractivity contribution in [1.82, 2.24) is 10.4 Å². The number of nitrogens with one attached hydrogen (secondary N) is 2. The second-order valence-electron chi connectivity index (χ2n) is 4.13. The van der Waals surface area contributed by atoms with Gasteiger partial charge in [-0.2, -0.15) is 5.10 Å². The number of hydrazone groups is 1. The van der Waals surface area contributed by atoms with Gasteiger partial charge >= 0.3 is 0 Å². The van der Waals surface area contributed by atoms with Crippen molar-refractivity contribution in [1.29, 1.82) is 0 Å². The van der Waals surface area contributed by atoms with E-state index in [1.165, 1.54) is 6.21 Å². The normalized spacial score (nSPS) is 10.6. The highest BCUT2D eigenvalue weighted by Crippen LogP contribution is 2.15. The van der Waals surface area contributed by atoms with Crippen LogP contribution in [-0.2, 0) is 4.79 Å². The third kappa shape index (κ3) is 4.45. The summed E-state index contributed by atoms with van der Waals surface area (Å²) in [6.45, 7) is -0.562. The van der Waals surface area contributed by atoms with E-state index in [0.717, 1.165) is 4.47 Å². The summed E-state index contributed by atoms with van der Waals surface area (Å²) >= 11 is 3.22. The zero-order chi connectivity index (χ0) is 15.9. The molecule has 0 saturated heterocycles. The van der Waals surface area contributed by atoms with Crippen LogP contribution in [0, 0.1) is 0 Å². The van der Waals surface area contributed by atoms with E-state index in [1.807, 2.05) is 0 Å². The molecule has 0 atom stereocenters.